The maximum absolute atomic E-state index is 12.2. The van der Waals surface area contributed by atoms with E-state index < -0.39 is 10.0 Å². The molecule has 0 aliphatic heterocycles. The van der Waals surface area contributed by atoms with Crippen LogP contribution in [0.3, 0.4) is 0 Å². The van der Waals surface area contributed by atoms with Gasteiger partial charge in [0, 0.05) is 20.3 Å². The first-order valence-corrected chi connectivity index (χ1v) is 6.84. The predicted octanol–water partition coefficient (Wildman–Crippen LogP) is -0.951. The summed E-state index contributed by atoms with van der Waals surface area (Å²) in [5.74, 6) is -0.178. The second-order valence-corrected chi connectivity index (χ2v) is 5.63. The van der Waals surface area contributed by atoms with Crippen LogP contribution >= 0.6 is 0 Å². The van der Waals surface area contributed by atoms with E-state index >= 15 is 0 Å². The van der Waals surface area contributed by atoms with Crippen LogP contribution in [0.25, 0.3) is 0 Å². The fourth-order valence-corrected chi connectivity index (χ4v) is 2.60. The summed E-state index contributed by atoms with van der Waals surface area (Å²) >= 11 is 0. The van der Waals surface area contributed by atoms with E-state index in [0.29, 0.717) is 0 Å². The normalized spacial score (nSPS) is 12.6. The van der Waals surface area contributed by atoms with Crippen molar-refractivity contribution in [2.75, 3.05) is 4.72 Å². The van der Waals surface area contributed by atoms with Gasteiger partial charge in [-0.1, -0.05) is 5.16 Å². The van der Waals surface area contributed by atoms with Crippen LogP contribution in [0, 0.1) is 0 Å². The Morgan fingerprint density at radius 2 is 2.20 bits per heavy atom. The maximum Gasteiger partial charge on any atom is 0.282 e. The van der Waals surface area contributed by atoms with Crippen LogP contribution in [-0.4, -0.2) is 38.8 Å². The molecule has 0 atom stereocenters. The van der Waals surface area contributed by atoms with E-state index in [1.165, 1.54) is 35.0 Å². The number of imidazole rings is 1. The Balaban J connectivity index is 2.42. The fourth-order valence-electron chi connectivity index (χ4n) is 1.51. The minimum absolute atomic E-state index is 0.0750. The van der Waals surface area contributed by atoms with E-state index in [1.54, 1.807) is 7.05 Å². The standard InChI is InChI=1S/C9H13N7O3S/c1-15-4-7(11-5-15)20(18,19)14-9-6(8(10)13-17)3-12-16(9)2/h3-5,14,17H,1-2H3,(H2,10,13). The lowest BCUT2D eigenvalue weighted by atomic mass is 10.3. The Hall–Kier alpha value is -2.56. The number of aromatic nitrogens is 4. The zero-order chi connectivity index (χ0) is 14.9. The number of anilines is 1. The average molecular weight is 299 g/mol. The van der Waals surface area contributed by atoms with Gasteiger partial charge in [-0.15, -0.1) is 0 Å². The second-order valence-electron chi connectivity index (χ2n) is 4.00. The summed E-state index contributed by atoms with van der Waals surface area (Å²) in [4.78, 5) is 3.76. The lowest BCUT2D eigenvalue weighted by Crippen LogP contribution is -2.20. The van der Waals surface area contributed by atoms with Crippen LogP contribution in [0.5, 0.6) is 0 Å². The molecule has 20 heavy (non-hydrogen) atoms. The van der Waals surface area contributed by atoms with Crippen LogP contribution in [0.1, 0.15) is 5.56 Å². The van der Waals surface area contributed by atoms with Gasteiger partial charge in [-0.25, -0.2) is 4.98 Å². The number of hydrogen-bond acceptors (Lipinski definition) is 6. The van der Waals surface area contributed by atoms with E-state index in [4.69, 9.17) is 10.9 Å². The average Bonchev–Trinajstić information content (AvgIpc) is 2.97. The predicted molar refractivity (Wildman–Crippen MR) is 69.7 cm³/mol. The SMILES string of the molecule is Cn1cnc(S(=O)(=O)Nc2c(C(N)=NO)cnn2C)c1. The van der Waals surface area contributed by atoms with Gasteiger partial charge < -0.3 is 15.5 Å². The molecule has 0 saturated carbocycles. The third kappa shape index (κ3) is 2.42. The first-order valence-electron chi connectivity index (χ1n) is 5.36. The van der Waals surface area contributed by atoms with E-state index in [0.717, 1.165) is 0 Å². The number of hydrogen-bond donors (Lipinski definition) is 3. The van der Waals surface area contributed by atoms with Crippen molar-refractivity contribution >= 4 is 21.7 Å². The zero-order valence-corrected chi connectivity index (χ0v) is 11.5. The highest BCUT2D eigenvalue weighted by Crippen LogP contribution is 2.18. The summed E-state index contributed by atoms with van der Waals surface area (Å²) < 4.78 is 29.4. The highest BCUT2D eigenvalue weighted by molar-refractivity contribution is 7.92. The molecule has 4 N–H and O–H groups in total. The first-order chi connectivity index (χ1) is 9.35. The van der Waals surface area contributed by atoms with Crippen LogP contribution in [0.4, 0.5) is 5.82 Å². The van der Waals surface area contributed by atoms with Crippen LogP contribution in [0.2, 0.25) is 0 Å². The summed E-state index contributed by atoms with van der Waals surface area (Å²) in [6, 6.07) is 0. The minimum atomic E-state index is -3.88. The Kier molecular flexibility index (Phi) is 3.36. The van der Waals surface area contributed by atoms with Crippen molar-refractivity contribution in [1.82, 2.24) is 19.3 Å². The Morgan fingerprint density at radius 3 is 2.75 bits per heavy atom. The number of oxime groups is 1. The molecule has 0 aliphatic rings. The van der Waals surface area contributed by atoms with Crippen LogP contribution in [0.15, 0.2) is 28.9 Å². The summed E-state index contributed by atoms with van der Waals surface area (Å²) in [6.45, 7) is 0. The number of aryl methyl sites for hydroxylation is 2. The Morgan fingerprint density at radius 1 is 1.50 bits per heavy atom. The highest BCUT2D eigenvalue weighted by atomic mass is 32.2. The topological polar surface area (TPSA) is 140 Å². The summed E-state index contributed by atoms with van der Waals surface area (Å²) in [7, 11) is -0.715. The van der Waals surface area contributed by atoms with Gasteiger partial charge >= 0.3 is 0 Å². The largest absolute Gasteiger partial charge is 0.409 e. The van der Waals surface area contributed by atoms with Crippen molar-refractivity contribution in [2.24, 2.45) is 25.0 Å². The molecule has 0 unspecified atom stereocenters. The molecule has 0 spiro atoms. The molecule has 11 heteroatoms. The smallest absolute Gasteiger partial charge is 0.282 e. The third-order valence-electron chi connectivity index (χ3n) is 2.51. The van der Waals surface area contributed by atoms with Crippen molar-refractivity contribution in [3.05, 3.63) is 24.3 Å². The van der Waals surface area contributed by atoms with E-state index in [-0.39, 0.29) is 22.2 Å². The summed E-state index contributed by atoms with van der Waals surface area (Å²) in [5.41, 5.74) is 5.62. The second kappa shape index (κ2) is 4.85. The van der Waals surface area contributed by atoms with Gasteiger partial charge in [0.2, 0.25) is 0 Å². The number of sulfonamides is 1. The maximum atomic E-state index is 12.2. The highest BCUT2D eigenvalue weighted by Gasteiger charge is 2.22. The van der Waals surface area contributed by atoms with E-state index in [9.17, 15) is 8.42 Å². The molecule has 0 bridgehead atoms. The molecule has 2 aromatic rings. The lowest BCUT2D eigenvalue weighted by molar-refractivity contribution is 0.318. The molecular weight excluding hydrogens is 286 g/mol. The molecular formula is C9H13N7O3S. The van der Waals surface area contributed by atoms with Crippen molar-refractivity contribution in [3.63, 3.8) is 0 Å². The van der Waals surface area contributed by atoms with Gasteiger partial charge in [0.15, 0.2) is 10.9 Å². The number of nitrogens with two attached hydrogens (primary N) is 1. The quantitative estimate of drug-likeness (QED) is 0.288. The van der Waals surface area contributed by atoms with Gasteiger partial charge in [0.05, 0.1) is 18.1 Å². The number of nitrogens with zero attached hydrogens (tertiary/aromatic N) is 5. The van der Waals surface area contributed by atoms with Crippen molar-refractivity contribution < 1.29 is 13.6 Å². The van der Waals surface area contributed by atoms with Gasteiger partial charge in [-0.2, -0.15) is 13.5 Å². The first kappa shape index (κ1) is 13.9. The van der Waals surface area contributed by atoms with E-state index in [2.05, 4.69) is 20.0 Å². The number of amidine groups is 1. The minimum Gasteiger partial charge on any atom is -0.409 e. The molecule has 0 aromatic carbocycles. The summed E-state index contributed by atoms with van der Waals surface area (Å²) in [6.07, 6.45) is 4.00. The molecule has 108 valence electrons. The number of rotatable bonds is 4. The van der Waals surface area contributed by atoms with E-state index in [1.807, 2.05) is 0 Å². The molecule has 0 amide bonds. The molecule has 2 rings (SSSR count). The molecule has 0 saturated heterocycles. The van der Waals surface area contributed by atoms with Crippen LogP contribution in [-0.2, 0) is 24.1 Å². The number of nitrogens with one attached hydrogen (secondary N) is 1. The lowest BCUT2D eigenvalue weighted by Gasteiger charge is -2.08. The van der Waals surface area contributed by atoms with Gasteiger partial charge in [0.1, 0.15) is 5.82 Å². The van der Waals surface area contributed by atoms with Crippen molar-refractivity contribution in [3.8, 4) is 0 Å². The van der Waals surface area contributed by atoms with Crippen molar-refractivity contribution in [2.45, 2.75) is 5.03 Å². The summed E-state index contributed by atoms with van der Waals surface area (Å²) in [5, 5.41) is 15.2. The monoisotopic (exact) mass is 299 g/mol. The molecule has 2 heterocycles. The Labute approximate surface area is 114 Å². The fraction of sp³-hybridized carbons (Fsp3) is 0.222. The van der Waals surface area contributed by atoms with Crippen molar-refractivity contribution in [1.29, 1.82) is 0 Å². The molecule has 2 aromatic heterocycles. The van der Waals surface area contributed by atoms with Crippen LogP contribution < -0.4 is 10.5 Å². The van der Waals surface area contributed by atoms with Gasteiger partial charge in [-0.3, -0.25) is 9.40 Å². The Bertz CT molecular complexity index is 758. The molecule has 0 radical (unpaired) electrons. The molecule has 0 aliphatic carbocycles. The zero-order valence-electron chi connectivity index (χ0n) is 10.7. The van der Waals surface area contributed by atoms with Gasteiger partial charge in [0.25, 0.3) is 10.0 Å². The molecule has 0 fully saturated rings. The third-order valence-corrected chi connectivity index (χ3v) is 3.73. The van der Waals surface area contributed by atoms with Gasteiger partial charge in [-0.05, 0) is 0 Å². The molecule has 10 nitrogen and oxygen atoms in total.